The molecular formula is C20H27N3O5S2. The normalized spacial score (nSPS) is 23.6. The average molecular weight is 454 g/mol. The largest absolute Gasteiger partial charge is 0.481 e. The smallest absolute Gasteiger partial charge is 0.303 e. The van der Waals surface area contributed by atoms with E-state index in [1.54, 1.807) is 0 Å². The van der Waals surface area contributed by atoms with Crippen molar-refractivity contribution < 1.29 is 23.1 Å². The van der Waals surface area contributed by atoms with Crippen LogP contribution in [0, 0.1) is 6.92 Å². The van der Waals surface area contributed by atoms with E-state index in [1.165, 1.54) is 11.8 Å². The molecule has 3 rings (SSSR count). The lowest BCUT2D eigenvalue weighted by Crippen LogP contribution is -2.38. The molecule has 8 nitrogen and oxygen atoms in total. The maximum absolute atomic E-state index is 12.2. The average Bonchev–Trinajstić information content (AvgIpc) is 3.12. The van der Waals surface area contributed by atoms with Gasteiger partial charge in [0.05, 0.1) is 24.0 Å². The number of carboxylic acid groups (broad SMARTS) is 1. The Bertz CT molecular complexity index is 973. The summed E-state index contributed by atoms with van der Waals surface area (Å²) in [5.41, 5.74) is 2.88. The maximum atomic E-state index is 12.2. The predicted octanol–water partition coefficient (Wildman–Crippen LogP) is 2.31. The number of rotatable bonds is 7. The number of fused-ring (bicyclic) bond motifs is 1. The van der Waals surface area contributed by atoms with Gasteiger partial charge < -0.3 is 14.9 Å². The molecule has 164 valence electrons. The monoisotopic (exact) mass is 453 g/mol. The SMILES string of the molecule is CCN(CC)c1ccc(N2C(=NC(=O)CCC(=O)O)S[C@@H]3CS(=O)(=O)C[C@H]32)c(C)c1. The number of amidine groups is 1. The first kappa shape index (κ1) is 22.6. The number of carbonyl (C=O) groups excluding carboxylic acids is 1. The summed E-state index contributed by atoms with van der Waals surface area (Å²) in [4.78, 5) is 31.2. The minimum absolute atomic E-state index is 0.0181. The second-order valence-corrected chi connectivity index (χ2v) is 10.9. The number of hydrogen-bond acceptors (Lipinski definition) is 6. The van der Waals surface area contributed by atoms with Gasteiger partial charge in [-0.15, -0.1) is 0 Å². The van der Waals surface area contributed by atoms with Crippen LogP contribution in [0.3, 0.4) is 0 Å². The molecule has 10 heteroatoms. The highest BCUT2D eigenvalue weighted by atomic mass is 32.2. The lowest BCUT2D eigenvalue weighted by Gasteiger charge is -2.28. The summed E-state index contributed by atoms with van der Waals surface area (Å²) < 4.78 is 24.4. The van der Waals surface area contributed by atoms with Crippen LogP contribution < -0.4 is 9.80 Å². The molecule has 1 N–H and O–H groups in total. The number of thioether (sulfide) groups is 1. The molecule has 2 fully saturated rings. The molecule has 0 bridgehead atoms. The van der Waals surface area contributed by atoms with Crippen molar-refractivity contribution >= 4 is 50.0 Å². The van der Waals surface area contributed by atoms with E-state index >= 15 is 0 Å². The Morgan fingerprint density at radius 2 is 1.93 bits per heavy atom. The van der Waals surface area contributed by atoms with Gasteiger partial charge in [0.2, 0.25) is 5.91 Å². The number of sulfone groups is 1. The lowest BCUT2D eigenvalue weighted by atomic mass is 10.1. The van der Waals surface area contributed by atoms with Crippen molar-refractivity contribution in [2.75, 3.05) is 34.4 Å². The molecule has 2 atom stereocenters. The van der Waals surface area contributed by atoms with Crippen molar-refractivity contribution in [1.29, 1.82) is 0 Å². The molecule has 0 saturated carbocycles. The van der Waals surface area contributed by atoms with Gasteiger partial charge in [-0.1, -0.05) is 11.8 Å². The van der Waals surface area contributed by atoms with E-state index in [0.717, 1.165) is 30.0 Å². The van der Waals surface area contributed by atoms with Crippen LogP contribution in [-0.4, -0.2) is 66.5 Å². The number of aliphatic imine (C=N–C) groups is 1. The van der Waals surface area contributed by atoms with Gasteiger partial charge in [0.25, 0.3) is 0 Å². The van der Waals surface area contributed by atoms with Crippen LogP contribution in [0.25, 0.3) is 0 Å². The standard InChI is InChI=1S/C20H27N3O5S2/c1-4-22(5-2)14-6-7-15(13(3)10-14)23-16-11-30(27,28)12-17(16)29-20(23)21-18(24)8-9-19(25)26/h6-7,10,16-17H,4-5,8-9,11-12H2,1-3H3,(H,25,26)/t16-,17-/m1/s1. The lowest BCUT2D eigenvalue weighted by molar-refractivity contribution is -0.138. The van der Waals surface area contributed by atoms with Gasteiger partial charge >= 0.3 is 5.97 Å². The fourth-order valence-corrected chi connectivity index (χ4v) is 7.84. The topological polar surface area (TPSA) is 107 Å². The molecule has 0 aliphatic carbocycles. The highest BCUT2D eigenvalue weighted by Crippen LogP contribution is 2.42. The van der Waals surface area contributed by atoms with E-state index in [4.69, 9.17) is 5.11 Å². The quantitative estimate of drug-likeness (QED) is 0.670. The summed E-state index contributed by atoms with van der Waals surface area (Å²) in [6.07, 6.45) is -0.458. The Labute approximate surface area is 181 Å². The van der Waals surface area contributed by atoms with E-state index in [2.05, 4.69) is 29.8 Å². The molecule has 1 aromatic carbocycles. The van der Waals surface area contributed by atoms with Gasteiger partial charge in [-0.05, 0) is 44.5 Å². The first-order valence-electron chi connectivity index (χ1n) is 10.0. The van der Waals surface area contributed by atoms with Gasteiger partial charge in [0, 0.05) is 36.1 Å². The van der Waals surface area contributed by atoms with Crippen molar-refractivity contribution in [3.05, 3.63) is 23.8 Å². The van der Waals surface area contributed by atoms with E-state index in [1.807, 2.05) is 24.0 Å². The molecule has 2 aliphatic heterocycles. The number of amides is 1. The number of anilines is 2. The summed E-state index contributed by atoms with van der Waals surface area (Å²) in [7, 11) is -3.15. The number of carboxylic acids is 1. The van der Waals surface area contributed by atoms with Gasteiger partial charge in [-0.3, -0.25) is 9.59 Å². The first-order chi connectivity index (χ1) is 14.1. The van der Waals surface area contributed by atoms with Crippen molar-refractivity contribution in [3.8, 4) is 0 Å². The predicted molar refractivity (Wildman–Crippen MR) is 120 cm³/mol. The highest BCUT2D eigenvalue weighted by Gasteiger charge is 2.49. The Balaban J connectivity index is 1.96. The summed E-state index contributed by atoms with van der Waals surface area (Å²) in [6, 6.07) is 5.73. The van der Waals surface area contributed by atoms with Crippen LogP contribution in [0.15, 0.2) is 23.2 Å². The summed E-state index contributed by atoms with van der Waals surface area (Å²) >= 11 is 1.30. The first-order valence-corrected chi connectivity index (χ1v) is 12.7. The third-order valence-corrected chi connectivity index (χ3v) is 8.62. The third kappa shape index (κ3) is 4.80. The number of aliphatic carboxylic acids is 1. The summed E-state index contributed by atoms with van der Waals surface area (Å²) in [6.45, 7) is 7.90. The van der Waals surface area contributed by atoms with Crippen LogP contribution >= 0.6 is 11.8 Å². The zero-order valence-corrected chi connectivity index (χ0v) is 19.0. The third-order valence-electron chi connectivity index (χ3n) is 5.41. The Kier molecular flexibility index (Phi) is 6.76. The molecule has 0 aromatic heterocycles. The Hall–Kier alpha value is -2.07. The summed E-state index contributed by atoms with van der Waals surface area (Å²) in [5, 5.41) is 9.06. The van der Waals surface area contributed by atoms with E-state index in [0.29, 0.717) is 5.17 Å². The van der Waals surface area contributed by atoms with Crippen molar-refractivity contribution in [1.82, 2.24) is 0 Å². The maximum Gasteiger partial charge on any atom is 0.303 e. The highest BCUT2D eigenvalue weighted by molar-refractivity contribution is 8.16. The molecule has 30 heavy (non-hydrogen) atoms. The van der Waals surface area contributed by atoms with Crippen LogP contribution in [-0.2, 0) is 19.4 Å². The molecule has 0 unspecified atom stereocenters. The van der Waals surface area contributed by atoms with Crippen molar-refractivity contribution in [3.63, 3.8) is 0 Å². The van der Waals surface area contributed by atoms with Gasteiger partial charge in [-0.25, -0.2) is 8.42 Å². The van der Waals surface area contributed by atoms with Crippen LogP contribution in [0.2, 0.25) is 0 Å². The molecular weight excluding hydrogens is 426 g/mol. The zero-order valence-electron chi connectivity index (χ0n) is 17.4. The van der Waals surface area contributed by atoms with E-state index in [-0.39, 0.29) is 35.6 Å². The number of nitrogens with zero attached hydrogens (tertiary/aromatic N) is 3. The summed E-state index contributed by atoms with van der Waals surface area (Å²) in [5.74, 6) is -1.49. The molecule has 0 radical (unpaired) electrons. The van der Waals surface area contributed by atoms with Gasteiger partial charge in [-0.2, -0.15) is 4.99 Å². The minimum atomic E-state index is -3.15. The van der Waals surface area contributed by atoms with Crippen LogP contribution in [0.5, 0.6) is 0 Å². The number of aryl methyl sites for hydroxylation is 1. The molecule has 0 spiro atoms. The fraction of sp³-hybridized carbons (Fsp3) is 0.550. The fourth-order valence-electron chi connectivity index (χ4n) is 3.92. The van der Waals surface area contributed by atoms with Crippen LogP contribution in [0.1, 0.15) is 32.3 Å². The molecule has 2 heterocycles. The second kappa shape index (κ2) is 8.97. The zero-order chi connectivity index (χ0) is 22.1. The van der Waals surface area contributed by atoms with Crippen molar-refractivity contribution in [2.45, 2.75) is 44.9 Å². The molecule has 1 aromatic rings. The Morgan fingerprint density at radius 3 is 2.53 bits per heavy atom. The van der Waals surface area contributed by atoms with E-state index < -0.39 is 21.7 Å². The molecule has 2 aliphatic rings. The van der Waals surface area contributed by atoms with Gasteiger partial charge in [0.15, 0.2) is 15.0 Å². The molecule has 1 amide bonds. The van der Waals surface area contributed by atoms with Crippen molar-refractivity contribution in [2.24, 2.45) is 4.99 Å². The number of carbonyl (C=O) groups is 2. The van der Waals surface area contributed by atoms with Gasteiger partial charge in [0.1, 0.15) is 0 Å². The van der Waals surface area contributed by atoms with Crippen LogP contribution in [0.4, 0.5) is 11.4 Å². The Morgan fingerprint density at radius 1 is 1.23 bits per heavy atom. The number of hydrogen-bond donors (Lipinski definition) is 1. The van der Waals surface area contributed by atoms with E-state index in [9.17, 15) is 18.0 Å². The second-order valence-electron chi connectivity index (χ2n) is 7.50. The minimum Gasteiger partial charge on any atom is -0.481 e. The number of benzene rings is 1. The molecule has 2 saturated heterocycles.